The number of carbonyl (C=O) groups is 1. The fourth-order valence-corrected chi connectivity index (χ4v) is 2.92. The Balaban J connectivity index is 1.76. The third-order valence-electron chi connectivity index (χ3n) is 3.27. The van der Waals surface area contributed by atoms with Gasteiger partial charge in [-0.2, -0.15) is 0 Å². The van der Waals surface area contributed by atoms with Crippen LogP contribution in [0.5, 0.6) is 5.75 Å². The minimum absolute atomic E-state index is 0.0183. The zero-order chi connectivity index (χ0) is 17.4. The summed E-state index contributed by atoms with van der Waals surface area (Å²) >= 11 is 7.33. The second kappa shape index (κ2) is 9.61. The average Bonchev–Trinajstić information content (AvgIpc) is 3.00. The number of nitrogens with zero attached hydrogens (tertiary/aromatic N) is 1. The maximum absolute atomic E-state index is 11.9. The SMILES string of the molecule is CCN[C@H](C)CNC(=O)Cc1csc(COc2ccc(Cl)cc2)n1. The van der Waals surface area contributed by atoms with Gasteiger partial charge in [0.05, 0.1) is 12.1 Å². The lowest BCUT2D eigenvalue weighted by Gasteiger charge is -2.12. The molecule has 0 aliphatic carbocycles. The van der Waals surface area contributed by atoms with Crippen LogP contribution in [0.2, 0.25) is 5.02 Å². The van der Waals surface area contributed by atoms with Crippen LogP contribution >= 0.6 is 22.9 Å². The molecule has 0 aliphatic heterocycles. The van der Waals surface area contributed by atoms with Crippen LogP contribution in [0.1, 0.15) is 24.5 Å². The Hall–Kier alpha value is -1.63. The number of amides is 1. The monoisotopic (exact) mass is 367 g/mol. The molecule has 1 atom stereocenters. The molecule has 0 bridgehead atoms. The number of thiazole rings is 1. The molecule has 0 aliphatic rings. The van der Waals surface area contributed by atoms with Crippen LogP contribution < -0.4 is 15.4 Å². The molecule has 2 aromatic rings. The molecule has 0 fully saturated rings. The summed E-state index contributed by atoms with van der Waals surface area (Å²) in [6.45, 7) is 5.97. The number of nitrogens with one attached hydrogen (secondary N) is 2. The van der Waals surface area contributed by atoms with Crippen molar-refractivity contribution in [1.82, 2.24) is 15.6 Å². The van der Waals surface area contributed by atoms with E-state index in [0.717, 1.165) is 23.0 Å². The van der Waals surface area contributed by atoms with Gasteiger partial charge in [-0.1, -0.05) is 18.5 Å². The Morgan fingerprint density at radius 3 is 2.83 bits per heavy atom. The van der Waals surface area contributed by atoms with Crippen molar-refractivity contribution in [3.05, 3.63) is 45.4 Å². The Morgan fingerprint density at radius 2 is 2.12 bits per heavy atom. The van der Waals surface area contributed by atoms with Crippen LogP contribution in [0.4, 0.5) is 0 Å². The van der Waals surface area contributed by atoms with E-state index in [1.165, 1.54) is 11.3 Å². The number of hydrogen-bond donors (Lipinski definition) is 2. The molecule has 0 spiro atoms. The summed E-state index contributed by atoms with van der Waals surface area (Å²) in [5.41, 5.74) is 0.767. The second-order valence-corrected chi connectivity index (χ2v) is 6.79. The molecule has 0 radical (unpaired) electrons. The molecule has 130 valence electrons. The lowest BCUT2D eigenvalue weighted by Crippen LogP contribution is -2.39. The number of hydrogen-bond acceptors (Lipinski definition) is 5. The number of rotatable bonds is 9. The predicted octanol–water partition coefficient (Wildman–Crippen LogP) is 3.03. The molecule has 2 rings (SSSR count). The lowest BCUT2D eigenvalue weighted by molar-refractivity contribution is -0.120. The Bertz CT molecular complexity index is 646. The second-order valence-electron chi connectivity index (χ2n) is 5.41. The zero-order valence-corrected chi connectivity index (χ0v) is 15.4. The van der Waals surface area contributed by atoms with Gasteiger partial charge in [-0.3, -0.25) is 4.79 Å². The molecule has 24 heavy (non-hydrogen) atoms. The molecule has 1 heterocycles. The lowest BCUT2D eigenvalue weighted by atomic mass is 10.3. The van der Waals surface area contributed by atoms with Crippen molar-refractivity contribution >= 4 is 28.8 Å². The molecule has 2 N–H and O–H groups in total. The number of ether oxygens (including phenoxy) is 1. The molecule has 1 aromatic heterocycles. The van der Waals surface area contributed by atoms with Crippen LogP contribution in [0.15, 0.2) is 29.6 Å². The minimum Gasteiger partial charge on any atom is -0.486 e. The number of benzene rings is 1. The summed E-state index contributed by atoms with van der Waals surface area (Å²) in [6.07, 6.45) is 0.288. The molecule has 1 amide bonds. The zero-order valence-electron chi connectivity index (χ0n) is 13.8. The number of carbonyl (C=O) groups excluding carboxylic acids is 1. The quantitative estimate of drug-likeness (QED) is 0.715. The van der Waals surface area contributed by atoms with E-state index in [1.807, 2.05) is 31.4 Å². The van der Waals surface area contributed by atoms with Crippen LogP contribution in [-0.4, -0.2) is 30.0 Å². The van der Waals surface area contributed by atoms with E-state index >= 15 is 0 Å². The van der Waals surface area contributed by atoms with Gasteiger partial charge >= 0.3 is 0 Å². The van der Waals surface area contributed by atoms with E-state index in [1.54, 1.807) is 12.1 Å². The highest BCUT2D eigenvalue weighted by atomic mass is 35.5. The topological polar surface area (TPSA) is 63.2 Å². The smallest absolute Gasteiger partial charge is 0.226 e. The van der Waals surface area contributed by atoms with Crippen LogP contribution in [0.25, 0.3) is 0 Å². The minimum atomic E-state index is -0.0183. The van der Waals surface area contributed by atoms with Gasteiger partial charge in [0.15, 0.2) is 0 Å². The van der Waals surface area contributed by atoms with Crippen molar-refractivity contribution in [3.63, 3.8) is 0 Å². The van der Waals surface area contributed by atoms with Gasteiger partial charge in [-0.25, -0.2) is 4.98 Å². The predicted molar refractivity (Wildman–Crippen MR) is 97.8 cm³/mol. The number of likely N-dealkylation sites (N-methyl/N-ethyl adjacent to an activating group) is 1. The number of aromatic nitrogens is 1. The highest BCUT2D eigenvalue weighted by Crippen LogP contribution is 2.18. The van der Waals surface area contributed by atoms with Crippen LogP contribution in [-0.2, 0) is 17.8 Å². The van der Waals surface area contributed by atoms with Crippen molar-refractivity contribution in [2.24, 2.45) is 0 Å². The summed E-state index contributed by atoms with van der Waals surface area (Å²) in [5.74, 6) is 0.724. The summed E-state index contributed by atoms with van der Waals surface area (Å²) in [6, 6.07) is 7.45. The van der Waals surface area contributed by atoms with Gasteiger partial charge in [-0.15, -0.1) is 11.3 Å². The van der Waals surface area contributed by atoms with E-state index in [0.29, 0.717) is 18.2 Å². The first-order valence-electron chi connectivity index (χ1n) is 7.88. The highest BCUT2D eigenvalue weighted by molar-refractivity contribution is 7.09. The van der Waals surface area contributed by atoms with Gasteiger partial charge < -0.3 is 15.4 Å². The van der Waals surface area contributed by atoms with E-state index < -0.39 is 0 Å². The molecule has 0 unspecified atom stereocenters. The van der Waals surface area contributed by atoms with E-state index in [2.05, 4.69) is 15.6 Å². The largest absolute Gasteiger partial charge is 0.486 e. The first-order chi connectivity index (χ1) is 11.6. The summed E-state index contributed by atoms with van der Waals surface area (Å²) in [5, 5.41) is 9.57. The third kappa shape index (κ3) is 6.47. The first kappa shape index (κ1) is 18.7. The van der Waals surface area contributed by atoms with Gasteiger partial charge in [0, 0.05) is 23.0 Å². The van der Waals surface area contributed by atoms with Crippen molar-refractivity contribution < 1.29 is 9.53 Å². The fourth-order valence-electron chi connectivity index (χ4n) is 2.09. The molecular formula is C17H22ClN3O2S. The van der Waals surface area contributed by atoms with E-state index in [9.17, 15) is 4.79 Å². The maximum Gasteiger partial charge on any atom is 0.226 e. The van der Waals surface area contributed by atoms with Gasteiger partial charge in [0.25, 0.3) is 0 Å². The van der Waals surface area contributed by atoms with Crippen molar-refractivity contribution in [2.45, 2.75) is 32.9 Å². The Kier molecular flexibility index (Phi) is 7.49. The van der Waals surface area contributed by atoms with Crippen LogP contribution in [0, 0.1) is 0 Å². The Labute approximate surface area is 151 Å². The number of halogens is 1. The first-order valence-corrected chi connectivity index (χ1v) is 9.14. The summed E-state index contributed by atoms with van der Waals surface area (Å²) in [7, 11) is 0. The molecule has 1 aromatic carbocycles. The molecule has 0 saturated carbocycles. The summed E-state index contributed by atoms with van der Waals surface area (Å²) < 4.78 is 5.65. The normalized spacial score (nSPS) is 12.0. The van der Waals surface area contributed by atoms with Crippen molar-refractivity contribution in [2.75, 3.05) is 13.1 Å². The molecule has 0 saturated heterocycles. The summed E-state index contributed by atoms with van der Waals surface area (Å²) in [4.78, 5) is 16.4. The highest BCUT2D eigenvalue weighted by Gasteiger charge is 2.09. The standard InChI is InChI=1S/C17H22ClN3O2S/c1-3-19-12(2)9-20-16(22)8-14-11-24-17(21-14)10-23-15-6-4-13(18)5-7-15/h4-7,11-12,19H,3,8-10H2,1-2H3,(H,20,22)/t12-/m1/s1. The van der Waals surface area contributed by atoms with E-state index in [-0.39, 0.29) is 18.4 Å². The Morgan fingerprint density at radius 1 is 1.38 bits per heavy atom. The fraction of sp³-hybridized carbons (Fsp3) is 0.412. The average molecular weight is 368 g/mol. The molecule has 7 heteroatoms. The van der Waals surface area contributed by atoms with Crippen LogP contribution in [0.3, 0.4) is 0 Å². The van der Waals surface area contributed by atoms with Gasteiger partial charge in [0.1, 0.15) is 17.4 Å². The molecule has 5 nitrogen and oxygen atoms in total. The van der Waals surface area contributed by atoms with Crippen molar-refractivity contribution in [3.8, 4) is 5.75 Å². The van der Waals surface area contributed by atoms with Gasteiger partial charge in [0.2, 0.25) is 5.91 Å². The maximum atomic E-state index is 11.9. The third-order valence-corrected chi connectivity index (χ3v) is 4.40. The van der Waals surface area contributed by atoms with E-state index in [4.69, 9.17) is 16.3 Å². The van der Waals surface area contributed by atoms with Gasteiger partial charge in [-0.05, 0) is 37.7 Å². The molecular weight excluding hydrogens is 346 g/mol. The van der Waals surface area contributed by atoms with Crippen molar-refractivity contribution in [1.29, 1.82) is 0 Å².